The van der Waals surface area contributed by atoms with Crippen molar-refractivity contribution in [2.24, 2.45) is 5.92 Å². The van der Waals surface area contributed by atoms with Gasteiger partial charge in [-0.2, -0.15) is 0 Å². The molecular weight excluding hydrogens is 138 g/mol. The molecule has 0 N–H and O–H groups in total. The van der Waals surface area contributed by atoms with Crippen LogP contribution in [0.1, 0.15) is 6.42 Å². The molecule has 0 aliphatic carbocycles. The molecule has 0 aromatic heterocycles. The first-order chi connectivity index (χ1) is 5.20. The van der Waals surface area contributed by atoms with Gasteiger partial charge in [-0.05, 0) is 6.42 Å². The molecule has 0 spiro atoms. The number of amides is 1. The highest BCUT2D eigenvalue weighted by Crippen LogP contribution is 2.23. The number of carbonyl (C=O) groups is 1. The van der Waals surface area contributed by atoms with Crippen molar-refractivity contribution in [1.29, 1.82) is 0 Å². The van der Waals surface area contributed by atoms with Crippen LogP contribution < -0.4 is 0 Å². The van der Waals surface area contributed by atoms with E-state index in [4.69, 9.17) is 0 Å². The van der Waals surface area contributed by atoms with E-state index in [0.29, 0.717) is 0 Å². The molecule has 2 atom stereocenters. The zero-order valence-electron chi connectivity index (χ0n) is 6.79. The Kier molecular flexibility index (Phi) is 2.13. The molecule has 0 radical (unpaired) electrons. The lowest BCUT2D eigenvalue weighted by Crippen LogP contribution is -2.27. The molecule has 2 heteroatoms. The minimum Gasteiger partial charge on any atom is -0.339 e. The summed E-state index contributed by atoms with van der Waals surface area (Å²) in [5, 5.41) is 0. The van der Waals surface area contributed by atoms with E-state index in [1.807, 2.05) is 0 Å². The Hall–Kier alpha value is -1.05. The van der Waals surface area contributed by atoms with Crippen molar-refractivity contribution >= 4 is 5.91 Å². The fourth-order valence-corrected chi connectivity index (χ4v) is 1.40. The van der Waals surface area contributed by atoms with Gasteiger partial charge in [0.2, 0.25) is 5.91 Å². The van der Waals surface area contributed by atoms with Crippen LogP contribution in [0.25, 0.3) is 0 Å². The molecule has 60 valence electrons. The summed E-state index contributed by atoms with van der Waals surface area (Å²) >= 11 is 0. The zero-order valence-corrected chi connectivity index (χ0v) is 6.79. The van der Waals surface area contributed by atoms with Crippen molar-refractivity contribution in [1.82, 2.24) is 4.90 Å². The predicted octanol–water partition coefficient (Wildman–Crippen LogP) is 1.21. The fourth-order valence-electron chi connectivity index (χ4n) is 1.40. The average molecular weight is 151 g/mol. The molecule has 2 unspecified atom stereocenters. The summed E-state index contributed by atoms with van der Waals surface area (Å²) in [4.78, 5) is 13.0. The molecule has 11 heavy (non-hydrogen) atoms. The first-order valence-electron chi connectivity index (χ1n) is 3.72. The SMILES string of the molecule is C=CC1CC(C=C)N(C)C1=O. The lowest BCUT2D eigenvalue weighted by atomic mass is 10.1. The average Bonchev–Trinajstić information content (AvgIpc) is 2.30. The van der Waals surface area contributed by atoms with Gasteiger partial charge in [-0.25, -0.2) is 0 Å². The highest BCUT2D eigenvalue weighted by molar-refractivity contribution is 5.83. The lowest BCUT2D eigenvalue weighted by Gasteiger charge is -2.14. The summed E-state index contributed by atoms with van der Waals surface area (Å²) in [6.07, 6.45) is 4.35. The van der Waals surface area contributed by atoms with Crippen molar-refractivity contribution < 1.29 is 4.79 Å². The van der Waals surface area contributed by atoms with E-state index >= 15 is 0 Å². The molecule has 1 saturated heterocycles. The number of likely N-dealkylation sites (tertiary alicyclic amines) is 1. The highest BCUT2D eigenvalue weighted by atomic mass is 16.2. The Morgan fingerprint density at radius 1 is 1.55 bits per heavy atom. The Bertz CT molecular complexity index is 198. The van der Waals surface area contributed by atoms with Gasteiger partial charge < -0.3 is 4.90 Å². The maximum atomic E-state index is 11.3. The van der Waals surface area contributed by atoms with Crippen LogP contribution in [-0.4, -0.2) is 23.9 Å². The molecule has 0 aromatic rings. The molecule has 2 nitrogen and oxygen atoms in total. The molecule has 1 amide bonds. The third-order valence-corrected chi connectivity index (χ3v) is 2.21. The third kappa shape index (κ3) is 1.20. The number of likely N-dealkylation sites (N-methyl/N-ethyl adjacent to an activating group) is 1. The highest BCUT2D eigenvalue weighted by Gasteiger charge is 2.32. The van der Waals surface area contributed by atoms with Crippen molar-refractivity contribution in [3.05, 3.63) is 25.3 Å². The van der Waals surface area contributed by atoms with Crippen molar-refractivity contribution in [2.75, 3.05) is 7.05 Å². The van der Waals surface area contributed by atoms with Crippen LogP contribution in [0.5, 0.6) is 0 Å². The summed E-state index contributed by atoms with van der Waals surface area (Å²) < 4.78 is 0. The lowest BCUT2D eigenvalue weighted by molar-refractivity contribution is -0.129. The van der Waals surface area contributed by atoms with E-state index in [1.165, 1.54) is 0 Å². The zero-order chi connectivity index (χ0) is 8.43. The number of hydrogen-bond acceptors (Lipinski definition) is 1. The second kappa shape index (κ2) is 2.91. The molecule has 0 bridgehead atoms. The van der Waals surface area contributed by atoms with Crippen LogP contribution in [0.2, 0.25) is 0 Å². The molecule has 1 aliphatic heterocycles. The molecule has 1 heterocycles. The van der Waals surface area contributed by atoms with E-state index in [2.05, 4.69) is 13.2 Å². The van der Waals surface area contributed by atoms with E-state index in [1.54, 1.807) is 24.1 Å². The maximum absolute atomic E-state index is 11.3. The van der Waals surface area contributed by atoms with Gasteiger partial charge in [0, 0.05) is 7.05 Å². The second-order valence-corrected chi connectivity index (χ2v) is 2.83. The monoisotopic (exact) mass is 151 g/mol. The predicted molar refractivity (Wildman–Crippen MR) is 45.1 cm³/mol. The van der Waals surface area contributed by atoms with Gasteiger partial charge in [0.25, 0.3) is 0 Å². The van der Waals surface area contributed by atoms with Gasteiger partial charge in [0.1, 0.15) is 0 Å². The topological polar surface area (TPSA) is 20.3 Å². The van der Waals surface area contributed by atoms with Gasteiger partial charge in [-0.1, -0.05) is 12.2 Å². The molecule has 1 aliphatic rings. The summed E-state index contributed by atoms with van der Waals surface area (Å²) in [5.74, 6) is 0.160. The van der Waals surface area contributed by atoms with Crippen molar-refractivity contribution in [2.45, 2.75) is 12.5 Å². The smallest absolute Gasteiger partial charge is 0.229 e. The first kappa shape index (κ1) is 8.05. The molecule has 1 fully saturated rings. The number of hydrogen-bond donors (Lipinski definition) is 0. The van der Waals surface area contributed by atoms with E-state index in [-0.39, 0.29) is 17.9 Å². The standard InChI is InChI=1S/C9H13NO/c1-4-7-6-8(5-2)10(3)9(7)11/h4-5,7-8H,1-2,6H2,3H3. The van der Waals surface area contributed by atoms with Crippen molar-refractivity contribution in [3.63, 3.8) is 0 Å². The Balaban J connectivity index is 2.75. The molecular formula is C9H13NO. The summed E-state index contributed by atoms with van der Waals surface area (Å²) in [7, 11) is 1.80. The number of nitrogens with zero attached hydrogens (tertiary/aromatic N) is 1. The molecule has 0 aromatic carbocycles. The number of carbonyl (C=O) groups excluding carboxylic acids is 1. The van der Waals surface area contributed by atoms with Crippen LogP contribution in [0.15, 0.2) is 25.3 Å². The minimum atomic E-state index is 0.00278. The maximum Gasteiger partial charge on any atom is 0.229 e. The van der Waals surface area contributed by atoms with Crippen LogP contribution in [0.4, 0.5) is 0 Å². The molecule has 1 rings (SSSR count). The van der Waals surface area contributed by atoms with Gasteiger partial charge in [-0.3, -0.25) is 4.79 Å². The quantitative estimate of drug-likeness (QED) is 0.543. The van der Waals surface area contributed by atoms with Gasteiger partial charge in [-0.15, -0.1) is 13.2 Å². The summed E-state index contributed by atoms with van der Waals surface area (Å²) in [6, 6.07) is 0.200. The van der Waals surface area contributed by atoms with Gasteiger partial charge in [0.15, 0.2) is 0 Å². The summed E-state index contributed by atoms with van der Waals surface area (Å²) in [5.41, 5.74) is 0. The van der Waals surface area contributed by atoms with Gasteiger partial charge in [0.05, 0.1) is 12.0 Å². The summed E-state index contributed by atoms with van der Waals surface area (Å²) in [6.45, 7) is 7.28. The second-order valence-electron chi connectivity index (χ2n) is 2.83. The normalized spacial score (nSPS) is 30.6. The first-order valence-corrected chi connectivity index (χ1v) is 3.72. The van der Waals surface area contributed by atoms with E-state index in [9.17, 15) is 4.79 Å². The number of rotatable bonds is 2. The Morgan fingerprint density at radius 2 is 2.18 bits per heavy atom. The van der Waals surface area contributed by atoms with Crippen LogP contribution in [0.3, 0.4) is 0 Å². The third-order valence-electron chi connectivity index (χ3n) is 2.21. The van der Waals surface area contributed by atoms with Crippen molar-refractivity contribution in [3.8, 4) is 0 Å². The fraction of sp³-hybridized carbons (Fsp3) is 0.444. The Morgan fingerprint density at radius 3 is 2.45 bits per heavy atom. The minimum absolute atomic E-state index is 0.00278. The Labute approximate surface area is 67.2 Å². The molecule has 0 saturated carbocycles. The largest absolute Gasteiger partial charge is 0.339 e. The van der Waals surface area contributed by atoms with Crippen LogP contribution in [-0.2, 0) is 4.79 Å². The van der Waals surface area contributed by atoms with E-state index in [0.717, 1.165) is 6.42 Å². The van der Waals surface area contributed by atoms with Crippen LogP contribution >= 0.6 is 0 Å². The van der Waals surface area contributed by atoms with Crippen LogP contribution in [0, 0.1) is 5.92 Å². The van der Waals surface area contributed by atoms with E-state index < -0.39 is 0 Å². The van der Waals surface area contributed by atoms with Gasteiger partial charge >= 0.3 is 0 Å².